The average molecular weight is 158 g/mol. The van der Waals surface area contributed by atoms with Gasteiger partial charge in [0.25, 0.3) is 0 Å². The van der Waals surface area contributed by atoms with Gasteiger partial charge in [0.15, 0.2) is 5.78 Å². The van der Waals surface area contributed by atoms with Crippen molar-refractivity contribution in [2.45, 2.75) is 6.42 Å². The van der Waals surface area contributed by atoms with Crippen molar-refractivity contribution in [2.75, 3.05) is 27.4 Å². The smallest absolute Gasteiger partial charge is 0.161 e. The van der Waals surface area contributed by atoms with Crippen molar-refractivity contribution in [3.8, 4) is 0 Å². The summed E-state index contributed by atoms with van der Waals surface area (Å²) in [5.74, 6) is 0.895. The van der Waals surface area contributed by atoms with Gasteiger partial charge in [-0.15, -0.1) is 0 Å². The van der Waals surface area contributed by atoms with Crippen LogP contribution in [0, 0.1) is 11.8 Å². The van der Waals surface area contributed by atoms with E-state index in [4.69, 9.17) is 9.47 Å². The van der Waals surface area contributed by atoms with E-state index in [1.807, 2.05) is 0 Å². The van der Waals surface area contributed by atoms with Gasteiger partial charge >= 0.3 is 0 Å². The van der Waals surface area contributed by atoms with Gasteiger partial charge in [-0.2, -0.15) is 0 Å². The van der Waals surface area contributed by atoms with Crippen LogP contribution in [0.1, 0.15) is 6.42 Å². The molecule has 0 aromatic heterocycles. The molecule has 1 rings (SSSR count). The number of Topliss-reactive ketones (excluding diaryl/α,β-unsaturated/α-hetero) is 1. The Morgan fingerprint density at radius 3 is 2.73 bits per heavy atom. The van der Waals surface area contributed by atoms with Gasteiger partial charge in [-0.3, -0.25) is 4.79 Å². The monoisotopic (exact) mass is 158 g/mol. The fraction of sp³-hybridized carbons (Fsp3) is 0.875. The third kappa shape index (κ3) is 2.27. The van der Waals surface area contributed by atoms with E-state index < -0.39 is 0 Å². The Morgan fingerprint density at radius 1 is 1.45 bits per heavy atom. The second-order valence-electron chi connectivity index (χ2n) is 2.96. The molecule has 1 fully saturated rings. The topological polar surface area (TPSA) is 35.5 Å². The molecule has 1 aliphatic carbocycles. The van der Waals surface area contributed by atoms with E-state index in [1.165, 1.54) is 0 Å². The summed E-state index contributed by atoms with van der Waals surface area (Å²) in [6, 6.07) is 0. The number of ketones is 1. The van der Waals surface area contributed by atoms with Crippen LogP contribution in [0.4, 0.5) is 0 Å². The van der Waals surface area contributed by atoms with Crippen LogP contribution in [0.3, 0.4) is 0 Å². The van der Waals surface area contributed by atoms with Crippen LogP contribution in [0.5, 0.6) is 0 Å². The number of carbonyl (C=O) groups is 1. The normalized spacial score (nSPS) is 28.5. The van der Waals surface area contributed by atoms with E-state index in [1.54, 1.807) is 14.2 Å². The zero-order valence-electron chi connectivity index (χ0n) is 7.00. The second kappa shape index (κ2) is 3.83. The molecule has 0 aliphatic heterocycles. The van der Waals surface area contributed by atoms with Crippen molar-refractivity contribution in [2.24, 2.45) is 11.8 Å². The van der Waals surface area contributed by atoms with E-state index in [0.29, 0.717) is 12.5 Å². The van der Waals surface area contributed by atoms with Crippen molar-refractivity contribution in [1.29, 1.82) is 0 Å². The SMILES string of the molecule is COCC(=O)C1CC1COC. The first-order valence-corrected chi connectivity index (χ1v) is 3.80. The Labute approximate surface area is 66.7 Å². The molecule has 0 heterocycles. The quantitative estimate of drug-likeness (QED) is 0.584. The first-order chi connectivity index (χ1) is 5.29. The molecule has 64 valence electrons. The molecule has 0 saturated heterocycles. The van der Waals surface area contributed by atoms with Gasteiger partial charge in [-0.1, -0.05) is 0 Å². The summed E-state index contributed by atoms with van der Waals surface area (Å²) in [6.07, 6.45) is 0.982. The summed E-state index contributed by atoms with van der Waals surface area (Å²) >= 11 is 0. The minimum Gasteiger partial charge on any atom is -0.384 e. The van der Waals surface area contributed by atoms with Crippen LogP contribution in [0.25, 0.3) is 0 Å². The minimum atomic E-state index is 0.217. The lowest BCUT2D eigenvalue weighted by molar-refractivity contribution is -0.124. The molecule has 1 saturated carbocycles. The lowest BCUT2D eigenvalue weighted by Crippen LogP contribution is -2.11. The number of hydrogen-bond acceptors (Lipinski definition) is 3. The summed E-state index contributed by atoms with van der Waals surface area (Å²) < 4.78 is 9.67. The van der Waals surface area contributed by atoms with E-state index in [-0.39, 0.29) is 18.3 Å². The fourth-order valence-corrected chi connectivity index (χ4v) is 1.29. The molecule has 0 aromatic rings. The van der Waals surface area contributed by atoms with Crippen LogP contribution >= 0.6 is 0 Å². The number of hydrogen-bond donors (Lipinski definition) is 0. The molecule has 3 heteroatoms. The van der Waals surface area contributed by atoms with E-state index in [2.05, 4.69) is 0 Å². The minimum absolute atomic E-state index is 0.217. The van der Waals surface area contributed by atoms with Gasteiger partial charge in [0.1, 0.15) is 6.61 Å². The first kappa shape index (κ1) is 8.68. The van der Waals surface area contributed by atoms with Gasteiger partial charge in [-0.05, 0) is 12.3 Å². The van der Waals surface area contributed by atoms with Crippen molar-refractivity contribution in [3.63, 3.8) is 0 Å². The van der Waals surface area contributed by atoms with Crippen LogP contribution in [0.2, 0.25) is 0 Å². The summed E-state index contributed by atoms with van der Waals surface area (Å²) in [5.41, 5.74) is 0. The van der Waals surface area contributed by atoms with E-state index >= 15 is 0 Å². The number of methoxy groups -OCH3 is 2. The molecule has 0 amide bonds. The maximum absolute atomic E-state index is 11.1. The van der Waals surface area contributed by atoms with Gasteiger partial charge in [0.2, 0.25) is 0 Å². The highest BCUT2D eigenvalue weighted by molar-refractivity contribution is 5.84. The summed E-state index contributed by atoms with van der Waals surface area (Å²) in [6.45, 7) is 0.963. The number of ether oxygens (including phenoxy) is 2. The molecule has 0 aromatic carbocycles. The zero-order valence-corrected chi connectivity index (χ0v) is 7.00. The first-order valence-electron chi connectivity index (χ1n) is 3.80. The van der Waals surface area contributed by atoms with Crippen LogP contribution in [-0.4, -0.2) is 33.2 Å². The summed E-state index contributed by atoms with van der Waals surface area (Å²) in [4.78, 5) is 11.1. The van der Waals surface area contributed by atoms with Gasteiger partial charge < -0.3 is 9.47 Å². The molecule has 11 heavy (non-hydrogen) atoms. The average Bonchev–Trinajstić information content (AvgIpc) is 2.69. The molecule has 0 radical (unpaired) electrons. The Kier molecular flexibility index (Phi) is 3.02. The molecule has 0 spiro atoms. The fourth-order valence-electron chi connectivity index (χ4n) is 1.29. The van der Waals surface area contributed by atoms with Crippen LogP contribution in [0.15, 0.2) is 0 Å². The number of rotatable bonds is 5. The van der Waals surface area contributed by atoms with Gasteiger partial charge in [0, 0.05) is 26.7 Å². The predicted octanol–water partition coefficient (Wildman–Crippen LogP) is 0.484. The summed E-state index contributed by atoms with van der Waals surface area (Å²) in [7, 11) is 3.21. The Bertz CT molecular complexity index is 144. The van der Waals surface area contributed by atoms with Crippen molar-refractivity contribution in [3.05, 3.63) is 0 Å². The van der Waals surface area contributed by atoms with Crippen LogP contribution < -0.4 is 0 Å². The Morgan fingerprint density at radius 2 is 2.18 bits per heavy atom. The molecule has 2 unspecified atom stereocenters. The van der Waals surface area contributed by atoms with Crippen molar-refractivity contribution >= 4 is 5.78 Å². The highest BCUT2D eigenvalue weighted by Crippen LogP contribution is 2.39. The molecular weight excluding hydrogens is 144 g/mol. The standard InChI is InChI=1S/C8H14O3/c1-10-4-6-3-7(6)8(9)5-11-2/h6-7H,3-5H2,1-2H3. The molecule has 1 aliphatic rings. The number of carbonyl (C=O) groups excluding carboxylic acids is 1. The lowest BCUT2D eigenvalue weighted by Gasteiger charge is -1.97. The molecule has 2 atom stereocenters. The molecule has 0 N–H and O–H groups in total. The zero-order chi connectivity index (χ0) is 8.27. The lowest BCUT2D eigenvalue weighted by atomic mass is 10.2. The predicted molar refractivity (Wildman–Crippen MR) is 40.4 cm³/mol. The maximum atomic E-state index is 11.1. The van der Waals surface area contributed by atoms with Crippen molar-refractivity contribution in [1.82, 2.24) is 0 Å². The van der Waals surface area contributed by atoms with E-state index in [9.17, 15) is 4.79 Å². The molecule has 0 bridgehead atoms. The van der Waals surface area contributed by atoms with Gasteiger partial charge in [0.05, 0.1) is 0 Å². The second-order valence-corrected chi connectivity index (χ2v) is 2.96. The molecule has 3 nitrogen and oxygen atoms in total. The Balaban J connectivity index is 2.15. The van der Waals surface area contributed by atoms with Crippen LogP contribution in [-0.2, 0) is 14.3 Å². The maximum Gasteiger partial charge on any atom is 0.161 e. The third-order valence-corrected chi connectivity index (χ3v) is 2.00. The summed E-state index contributed by atoms with van der Waals surface area (Å²) in [5, 5.41) is 0. The van der Waals surface area contributed by atoms with Gasteiger partial charge in [-0.25, -0.2) is 0 Å². The third-order valence-electron chi connectivity index (χ3n) is 2.00. The van der Waals surface area contributed by atoms with E-state index in [0.717, 1.165) is 6.42 Å². The highest BCUT2D eigenvalue weighted by Gasteiger charge is 2.42. The highest BCUT2D eigenvalue weighted by atomic mass is 16.5. The Hall–Kier alpha value is -0.410. The largest absolute Gasteiger partial charge is 0.384 e. The van der Waals surface area contributed by atoms with Crippen molar-refractivity contribution < 1.29 is 14.3 Å². The molecular formula is C8H14O3.